The van der Waals surface area contributed by atoms with Crippen molar-refractivity contribution in [1.82, 2.24) is 9.88 Å². The van der Waals surface area contributed by atoms with Crippen molar-refractivity contribution in [2.45, 2.75) is 13.5 Å². The molecule has 0 aliphatic carbocycles. The Morgan fingerprint density at radius 1 is 1.33 bits per heavy atom. The maximum atomic E-state index is 11.6. The molecule has 1 amide bonds. The van der Waals surface area contributed by atoms with Crippen LogP contribution in [0.2, 0.25) is 0 Å². The number of hydrogen-bond acceptors (Lipinski definition) is 5. The molecular formula is C18H22N4OS. The molecule has 3 rings (SSSR count). The van der Waals surface area contributed by atoms with Crippen LogP contribution >= 0.6 is 11.3 Å². The van der Waals surface area contributed by atoms with Gasteiger partial charge in [0.1, 0.15) is 5.01 Å². The maximum absolute atomic E-state index is 11.6. The summed E-state index contributed by atoms with van der Waals surface area (Å²) in [4.78, 5) is 20.9. The zero-order valence-electron chi connectivity index (χ0n) is 13.9. The van der Waals surface area contributed by atoms with Gasteiger partial charge in [0.25, 0.3) is 0 Å². The van der Waals surface area contributed by atoms with Gasteiger partial charge in [-0.1, -0.05) is 18.7 Å². The van der Waals surface area contributed by atoms with Crippen LogP contribution in [-0.2, 0) is 11.3 Å². The van der Waals surface area contributed by atoms with Crippen LogP contribution in [0, 0.1) is 6.92 Å². The molecular weight excluding hydrogens is 320 g/mol. The van der Waals surface area contributed by atoms with E-state index in [0.717, 1.165) is 49.8 Å². The first-order chi connectivity index (χ1) is 11.7. The van der Waals surface area contributed by atoms with Crippen molar-refractivity contribution in [1.29, 1.82) is 0 Å². The van der Waals surface area contributed by atoms with Crippen LogP contribution in [0.4, 0.5) is 11.4 Å². The number of benzene rings is 1. The lowest BCUT2D eigenvalue weighted by molar-refractivity contribution is -0.111. The van der Waals surface area contributed by atoms with Crippen LogP contribution in [0.1, 0.15) is 10.7 Å². The third-order valence-corrected chi connectivity index (χ3v) is 5.04. The third kappa shape index (κ3) is 4.01. The Hall–Kier alpha value is -2.18. The normalized spacial score (nSPS) is 15.3. The Morgan fingerprint density at radius 3 is 2.75 bits per heavy atom. The summed E-state index contributed by atoms with van der Waals surface area (Å²) >= 11 is 1.73. The number of carbonyl (C=O) groups is 1. The summed E-state index contributed by atoms with van der Waals surface area (Å²) in [5.74, 6) is -0.180. The molecule has 0 atom stereocenters. The molecule has 2 aromatic rings. The lowest BCUT2D eigenvalue weighted by Crippen LogP contribution is -2.46. The second-order valence-corrected chi connectivity index (χ2v) is 6.80. The van der Waals surface area contributed by atoms with Gasteiger partial charge >= 0.3 is 0 Å². The number of aromatic nitrogens is 1. The van der Waals surface area contributed by atoms with Gasteiger partial charge in [0.2, 0.25) is 5.91 Å². The monoisotopic (exact) mass is 342 g/mol. The largest absolute Gasteiger partial charge is 0.367 e. The van der Waals surface area contributed by atoms with Gasteiger partial charge in [-0.3, -0.25) is 9.69 Å². The molecule has 1 aliphatic heterocycles. The molecule has 6 heteroatoms. The van der Waals surface area contributed by atoms with Crippen LogP contribution in [-0.4, -0.2) is 42.0 Å². The standard InChI is InChI=1S/C18H22N4OS/c1-3-17(23)20-15-6-4-5-7-16(15)22-10-8-21(9-11-22)12-18-19-14(2)13-24-18/h3-7,13H,1,8-12H2,2H3,(H,20,23). The molecule has 1 aromatic heterocycles. The van der Waals surface area contributed by atoms with Gasteiger partial charge in [0.15, 0.2) is 0 Å². The van der Waals surface area contributed by atoms with Crippen molar-refractivity contribution in [3.63, 3.8) is 0 Å². The van der Waals surface area contributed by atoms with E-state index in [2.05, 4.69) is 38.1 Å². The van der Waals surface area contributed by atoms with E-state index in [-0.39, 0.29) is 5.91 Å². The number of rotatable bonds is 5. The summed E-state index contributed by atoms with van der Waals surface area (Å²) < 4.78 is 0. The highest BCUT2D eigenvalue weighted by Crippen LogP contribution is 2.27. The first-order valence-corrected chi connectivity index (χ1v) is 8.94. The lowest BCUT2D eigenvalue weighted by atomic mass is 10.2. The molecule has 0 bridgehead atoms. The fraction of sp³-hybridized carbons (Fsp3) is 0.333. The molecule has 5 nitrogen and oxygen atoms in total. The van der Waals surface area contributed by atoms with Gasteiger partial charge in [0, 0.05) is 37.3 Å². The summed E-state index contributed by atoms with van der Waals surface area (Å²) in [7, 11) is 0. The van der Waals surface area contributed by atoms with Gasteiger partial charge in [-0.05, 0) is 25.1 Å². The number of piperazine rings is 1. The Kier molecular flexibility index (Phi) is 5.27. The molecule has 0 radical (unpaired) electrons. The molecule has 0 spiro atoms. The molecule has 1 N–H and O–H groups in total. The van der Waals surface area contributed by atoms with Crippen molar-refractivity contribution >= 4 is 28.6 Å². The van der Waals surface area contributed by atoms with E-state index in [1.54, 1.807) is 11.3 Å². The summed E-state index contributed by atoms with van der Waals surface area (Å²) in [5.41, 5.74) is 3.00. The van der Waals surface area contributed by atoms with Gasteiger partial charge in [-0.25, -0.2) is 4.98 Å². The predicted octanol–water partition coefficient (Wildman–Crippen LogP) is 2.90. The van der Waals surface area contributed by atoms with Crippen LogP contribution in [0.25, 0.3) is 0 Å². The Morgan fingerprint density at radius 2 is 2.08 bits per heavy atom. The van der Waals surface area contributed by atoms with Crippen molar-refractivity contribution < 1.29 is 4.79 Å². The van der Waals surface area contributed by atoms with E-state index in [0.29, 0.717) is 0 Å². The number of carbonyl (C=O) groups excluding carboxylic acids is 1. The van der Waals surface area contributed by atoms with Crippen LogP contribution < -0.4 is 10.2 Å². The van der Waals surface area contributed by atoms with Crippen LogP contribution in [0.15, 0.2) is 42.3 Å². The number of nitrogens with zero attached hydrogens (tertiary/aromatic N) is 3. The Balaban J connectivity index is 1.62. The van der Waals surface area contributed by atoms with Crippen molar-refractivity contribution in [2.75, 3.05) is 36.4 Å². The minimum absolute atomic E-state index is 0.180. The molecule has 1 fully saturated rings. The minimum Gasteiger partial charge on any atom is -0.367 e. The number of thiazole rings is 1. The summed E-state index contributed by atoms with van der Waals surface area (Å²) in [6.45, 7) is 10.3. The van der Waals surface area contributed by atoms with E-state index in [1.807, 2.05) is 25.1 Å². The second kappa shape index (κ2) is 7.59. The minimum atomic E-state index is -0.180. The van der Waals surface area contributed by atoms with E-state index in [4.69, 9.17) is 0 Å². The summed E-state index contributed by atoms with van der Waals surface area (Å²) in [6, 6.07) is 7.92. The van der Waals surface area contributed by atoms with Crippen molar-refractivity contribution in [2.24, 2.45) is 0 Å². The van der Waals surface area contributed by atoms with E-state index in [1.165, 1.54) is 11.1 Å². The highest BCUT2D eigenvalue weighted by molar-refractivity contribution is 7.09. The number of hydrogen-bond donors (Lipinski definition) is 1. The topological polar surface area (TPSA) is 48.5 Å². The number of amides is 1. The molecule has 1 saturated heterocycles. The first kappa shape index (κ1) is 16.7. The maximum Gasteiger partial charge on any atom is 0.247 e. The average Bonchev–Trinajstić information content (AvgIpc) is 3.01. The molecule has 126 valence electrons. The van der Waals surface area contributed by atoms with Crippen molar-refractivity contribution in [3.8, 4) is 0 Å². The van der Waals surface area contributed by atoms with E-state index in [9.17, 15) is 4.79 Å². The Labute approximate surface area is 146 Å². The zero-order chi connectivity index (χ0) is 16.9. The van der Waals surface area contributed by atoms with Gasteiger partial charge in [-0.2, -0.15) is 0 Å². The van der Waals surface area contributed by atoms with E-state index < -0.39 is 0 Å². The number of nitrogens with one attached hydrogen (secondary N) is 1. The van der Waals surface area contributed by atoms with Crippen LogP contribution in [0.3, 0.4) is 0 Å². The molecule has 0 saturated carbocycles. The van der Waals surface area contributed by atoms with Gasteiger partial charge in [0.05, 0.1) is 17.9 Å². The fourth-order valence-corrected chi connectivity index (χ4v) is 3.67. The molecule has 2 heterocycles. The highest BCUT2D eigenvalue weighted by Gasteiger charge is 2.20. The second-order valence-electron chi connectivity index (χ2n) is 5.86. The van der Waals surface area contributed by atoms with Gasteiger partial charge < -0.3 is 10.2 Å². The molecule has 24 heavy (non-hydrogen) atoms. The summed E-state index contributed by atoms with van der Waals surface area (Å²) in [6.07, 6.45) is 1.30. The zero-order valence-corrected chi connectivity index (χ0v) is 14.7. The fourth-order valence-electron chi connectivity index (χ4n) is 2.85. The van der Waals surface area contributed by atoms with Gasteiger partial charge in [-0.15, -0.1) is 11.3 Å². The Bertz CT molecular complexity index is 719. The smallest absolute Gasteiger partial charge is 0.247 e. The molecule has 1 aromatic carbocycles. The average molecular weight is 342 g/mol. The number of para-hydroxylation sites is 2. The lowest BCUT2D eigenvalue weighted by Gasteiger charge is -2.36. The number of aryl methyl sites for hydroxylation is 1. The first-order valence-electron chi connectivity index (χ1n) is 8.06. The third-order valence-electron chi connectivity index (χ3n) is 4.09. The predicted molar refractivity (Wildman–Crippen MR) is 99.6 cm³/mol. The molecule has 0 unspecified atom stereocenters. The number of anilines is 2. The SMILES string of the molecule is C=CC(=O)Nc1ccccc1N1CCN(Cc2nc(C)cs2)CC1. The highest BCUT2D eigenvalue weighted by atomic mass is 32.1. The van der Waals surface area contributed by atoms with Crippen LogP contribution in [0.5, 0.6) is 0 Å². The summed E-state index contributed by atoms with van der Waals surface area (Å²) in [5, 5.41) is 6.17. The van der Waals surface area contributed by atoms with E-state index >= 15 is 0 Å². The quantitative estimate of drug-likeness (QED) is 0.849. The molecule has 1 aliphatic rings. The van der Waals surface area contributed by atoms with Crippen molar-refractivity contribution in [3.05, 3.63) is 53.0 Å².